The number of aliphatic carboxylic acids is 1. The summed E-state index contributed by atoms with van der Waals surface area (Å²) in [6, 6.07) is 5.33. The van der Waals surface area contributed by atoms with E-state index < -0.39 is 5.97 Å². The number of imidazole rings is 1. The van der Waals surface area contributed by atoms with Crippen LogP contribution in [0.5, 0.6) is 5.88 Å². The van der Waals surface area contributed by atoms with Gasteiger partial charge in [-0.05, 0) is 30.7 Å². The molecular weight excluding hydrogens is 246 g/mol. The number of aryl methyl sites for hydroxylation is 1. The standard InChI is InChI=1S/C13H11N3O3/c1-8-3-4-16-10(6-9(7-14)13(17)18)12(19-2)15-11(16)5-8/h3-6H,1-2H3,(H,17,18). The Bertz CT molecular complexity index is 723. The first-order valence-corrected chi connectivity index (χ1v) is 5.44. The number of hydrogen-bond donors (Lipinski definition) is 1. The Balaban J connectivity index is 2.71. The van der Waals surface area contributed by atoms with Gasteiger partial charge in [-0.25, -0.2) is 4.79 Å². The molecule has 2 aromatic heterocycles. The highest BCUT2D eigenvalue weighted by molar-refractivity contribution is 5.96. The summed E-state index contributed by atoms with van der Waals surface area (Å²) < 4.78 is 6.79. The lowest BCUT2D eigenvalue weighted by molar-refractivity contribution is -0.132. The van der Waals surface area contributed by atoms with Crippen molar-refractivity contribution in [3.05, 3.63) is 35.2 Å². The predicted molar refractivity (Wildman–Crippen MR) is 67.7 cm³/mol. The number of carboxylic acids is 1. The molecule has 0 bridgehead atoms. The van der Waals surface area contributed by atoms with Crippen molar-refractivity contribution in [3.63, 3.8) is 0 Å². The fourth-order valence-corrected chi connectivity index (χ4v) is 1.70. The Labute approximate surface area is 109 Å². The van der Waals surface area contributed by atoms with Crippen molar-refractivity contribution in [2.75, 3.05) is 7.11 Å². The fourth-order valence-electron chi connectivity index (χ4n) is 1.70. The number of rotatable bonds is 3. The second kappa shape index (κ2) is 4.82. The Morgan fingerprint density at radius 2 is 2.37 bits per heavy atom. The van der Waals surface area contributed by atoms with Crippen LogP contribution in [0.15, 0.2) is 23.9 Å². The second-order valence-corrected chi connectivity index (χ2v) is 3.91. The molecule has 19 heavy (non-hydrogen) atoms. The van der Waals surface area contributed by atoms with E-state index in [-0.39, 0.29) is 11.5 Å². The van der Waals surface area contributed by atoms with E-state index in [0.29, 0.717) is 11.3 Å². The number of pyridine rings is 1. The molecule has 2 heterocycles. The van der Waals surface area contributed by atoms with E-state index in [4.69, 9.17) is 15.1 Å². The van der Waals surface area contributed by atoms with Gasteiger partial charge in [0.25, 0.3) is 0 Å². The summed E-state index contributed by atoms with van der Waals surface area (Å²) >= 11 is 0. The molecule has 0 fully saturated rings. The zero-order valence-electron chi connectivity index (χ0n) is 10.4. The van der Waals surface area contributed by atoms with E-state index in [1.165, 1.54) is 13.2 Å². The van der Waals surface area contributed by atoms with Crippen molar-refractivity contribution in [2.24, 2.45) is 0 Å². The molecule has 2 aromatic rings. The van der Waals surface area contributed by atoms with Crippen LogP contribution in [0.25, 0.3) is 11.7 Å². The minimum absolute atomic E-state index is 0.277. The number of fused-ring (bicyclic) bond motifs is 1. The van der Waals surface area contributed by atoms with Crippen LogP contribution >= 0.6 is 0 Å². The van der Waals surface area contributed by atoms with Gasteiger partial charge in [0.1, 0.15) is 23.0 Å². The molecule has 0 amide bonds. The van der Waals surface area contributed by atoms with Gasteiger partial charge in [-0.2, -0.15) is 10.2 Å². The SMILES string of the molecule is COc1nc2cc(C)ccn2c1C=C(C#N)C(=O)O. The number of methoxy groups -OCH3 is 1. The Hall–Kier alpha value is -2.81. The number of ether oxygens (including phenoxy) is 1. The molecule has 0 radical (unpaired) electrons. The van der Waals surface area contributed by atoms with Crippen molar-refractivity contribution in [1.29, 1.82) is 5.26 Å². The predicted octanol–water partition coefficient (Wildman–Crippen LogP) is 1.64. The van der Waals surface area contributed by atoms with Gasteiger partial charge in [-0.3, -0.25) is 4.40 Å². The zero-order chi connectivity index (χ0) is 14.0. The van der Waals surface area contributed by atoms with Crippen LogP contribution < -0.4 is 4.74 Å². The Morgan fingerprint density at radius 3 is 2.95 bits per heavy atom. The molecule has 2 rings (SSSR count). The summed E-state index contributed by atoms with van der Waals surface area (Å²) in [4.78, 5) is 15.1. The van der Waals surface area contributed by atoms with Crippen molar-refractivity contribution < 1.29 is 14.6 Å². The van der Waals surface area contributed by atoms with E-state index in [9.17, 15) is 4.79 Å². The summed E-state index contributed by atoms with van der Waals surface area (Å²) in [5, 5.41) is 17.7. The van der Waals surface area contributed by atoms with E-state index in [1.807, 2.05) is 19.1 Å². The lowest BCUT2D eigenvalue weighted by atomic mass is 10.2. The highest BCUT2D eigenvalue weighted by atomic mass is 16.5. The van der Waals surface area contributed by atoms with E-state index in [2.05, 4.69) is 4.98 Å². The average molecular weight is 257 g/mol. The molecule has 0 saturated heterocycles. The van der Waals surface area contributed by atoms with Crippen molar-refractivity contribution in [2.45, 2.75) is 6.92 Å². The molecule has 0 aliphatic heterocycles. The maximum absolute atomic E-state index is 10.9. The quantitative estimate of drug-likeness (QED) is 0.667. The molecule has 0 aliphatic carbocycles. The third kappa shape index (κ3) is 2.26. The van der Waals surface area contributed by atoms with E-state index in [0.717, 1.165) is 5.56 Å². The number of nitriles is 1. The molecule has 0 spiro atoms. The van der Waals surface area contributed by atoms with Crippen LogP contribution in [0, 0.1) is 18.3 Å². The van der Waals surface area contributed by atoms with Gasteiger partial charge in [-0.15, -0.1) is 0 Å². The highest BCUT2D eigenvalue weighted by Crippen LogP contribution is 2.23. The smallest absolute Gasteiger partial charge is 0.346 e. The van der Waals surface area contributed by atoms with E-state index >= 15 is 0 Å². The zero-order valence-corrected chi connectivity index (χ0v) is 10.4. The summed E-state index contributed by atoms with van der Waals surface area (Å²) in [7, 11) is 1.44. The van der Waals surface area contributed by atoms with Gasteiger partial charge < -0.3 is 9.84 Å². The topological polar surface area (TPSA) is 87.6 Å². The first-order chi connectivity index (χ1) is 9.06. The number of nitrogens with zero attached hydrogens (tertiary/aromatic N) is 3. The largest absolute Gasteiger partial charge is 0.479 e. The average Bonchev–Trinajstić information content (AvgIpc) is 2.72. The van der Waals surface area contributed by atoms with E-state index in [1.54, 1.807) is 16.7 Å². The minimum atomic E-state index is -1.29. The third-order valence-corrected chi connectivity index (χ3v) is 2.61. The molecule has 0 saturated carbocycles. The van der Waals surface area contributed by atoms with Gasteiger partial charge in [0, 0.05) is 6.20 Å². The Kier molecular flexibility index (Phi) is 3.21. The molecule has 96 valence electrons. The first-order valence-electron chi connectivity index (χ1n) is 5.44. The van der Waals surface area contributed by atoms with Gasteiger partial charge in [0.2, 0.25) is 5.88 Å². The van der Waals surface area contributed by atoms with Gasteiger partial charge in [-0.1, -0.05) is 0 Å². The summed E-state index contributed by atoms with van der Waals surface area (Å²) in [5.74, 6) is -1.01. The molecule has 0 aromatic carbocycles. The number of carbonyl (C=O) groups is 1. The van der Waals surface area contributed by atoms with Crippen LogP contribution in [0.1, 0.15) is 11.3 Å². The molecule has 0 unspecified atom stereocenters. The fraction of sp³-hybridized carbons (Fsp3) is 0.154. The van der Waals surface area contributed by atoms with Crippen molar-refractivity contribution >= 4 is 17.7 Å². The molecule has 6 nitrogen and oxygen atoms in total. The summed E-state index contributed by atoms with van der Waals surface area (Å²) in [6.45, 7) is 1.93. The van der Waals surface area contributed by atoms with Crippen LogP contribution in [-0.4, -0.2) is 27.6 Å². The molecule has 1 N–H and O–H groups in total. The molecule has 6 heteroatoms. The maximum Gasteiger partial charge on any atom is 0.346 e. The lowest BCUT2D eigenvalue weighted by Crippen LogP contribution is -1.99. The normalized spacial score (nSPS) is 11.3. The van der Waals surface area contributed by atoms with Crippen LogP contribution in [0.2, 0.25) is 0 Å². The monoisotopic (exact) mass is 257 g/mol. The molecule has 0 atom stereocenters. The second-order valence-electron chi connectivity index (χ2n) is 3.91. The first kappa shape index (κ1) is 12.6. The number of aromatic nitrogens is 2. The van der Waals surface area contributed by atoms with Gasteiger partial charge in [0.15, 0.2) is 0 Å². The van der Waals surface area contributed by atoms with Crippen LogP contribution in [0.4, 0.5) is 0 Å². The van der Waals surface area contributed by atoms with Crippen molar-refractivity contribution in [1.82, 2.24) is 9.38 Å². The Morgan fingerprint density at radius 1 is 1.63 bits per heavy atom. The maximum atomic E-state index is 10.9. The third-order valence-electron chi connectivity index (χ3n) is 2.61. The lowest BCUT2D eigenvalue weighted by Gasteiger charge is -1.99. The van der Waals surface area contributed by atoms with Crippen LogP contribution in [0.3, 0.4) is 0 Å². The summed E-state index contributed by atoms with van der Waals surface area (Å²) in [5.41, 5.74) is 1.71. The summed E-state index contributed by atoms with van der Waals surface area (Å²) in [6.07, 6.45) is 3.00. The van der Waals surface area contributed by atoms with Gasteiger partial charge >= 0.3 is 5.97 Å². The molecule has 0 aliphatic rings. The minimum Gasteiger partial charge on any atom is -0.479 e. The molecular formula is C13H11N3O3. The van der Waals surface area contributed by atoms with Crippen molar-refractivity contribution in [3.8, 4) is 11.9 Å². The number of carboxylic acid groups (broad SMARTS) is 1. The van der Waals surface area contributed by atoms with Crippen LogP contribution in [-0.2, 0) is 4.79 Å². The van der Waals surface area contributed by atoms with Gasteiger partial charge in [0.05, 0.1) is 7.11 Å². The number of hydrogen-bond acceptors (Lipinski definition) is 4. The highest BCUT2D eigenvalue weighted by Gasteiger charge is 2.14.